The Bertz CT molecular complexity index is 241. The van der Waals surface area contributed by atoms with Crippen LogP contribution in [0.1, 0.15) is 40.5 Å². The summed E-state index contributed by atoms with van der Waals surface area (Å²) in [6.45, 7) is 10.1. The third kappa shape index (κ3) is 3.95. The van der Waals surface area contributed by atoms with Crippen LogP contribution in [0, 0.1) is 11.3 Å². The quantitative estimate of drug-likeness (QED) is 0.813. The number of carbonyl (C=O) groups excluding carboxylic acids is 1. The van der Waals surface area contributed by atoms with Crippen LogP contribution in [-0.4, -0.2) is 29.9 Å². The molecule has 0 bridgehead atoms. The van der Waals surface area contributed by atoms with E-state index in [0.29, 0.717) is 0 Å². The Hall–Kier alpha value is -0.280. The summed E-state index contributed by atoms with van der Waals surface area (Å²) < 4.78 is 0. The van der Waals surface area contributed by atoms with Crippen LogP contribution in [0.25, 0.3) is 0 Å². The number of carbonyl (C=O) groups is 1. The fraction of sp³-hybridized carbons (Fsp3) is 0.917. The molecule has 4 heteroatoms. The van der Waals surface area contributed by atoms with Crippen molar-refractivity contribution < 1.29 is 4.79 Å². The highest BCUT2D eigenvalue weighted by Gasteiger charge is 2.31. The molecule has 0 saturated carbocycles. The number of halogens is 1. The van der Waals surface area contributed by atoms with Crippen LogP contribution in [0.3, 0.4) is 0 Å². The van der Waals surface area contributed by atoms with Crippen molar-refractivity contribution in [2.24, 2.45) is 17.1 Å². The van der Waals surface area contributed by atoms with Crippen molar-refractivity contribution in [2.75, 3.05) is 13.1 Å². The molecule has 2 atom stereocenters. The summed E-state index contributed by atoms with van der Waals surface area (Å²) in [6, 6.07) is -0.0532. The topological polar surface area (TPSA) is 46.3 Å². The highest BCUT2D eigenvalue weighted by molar-refractivity contribution is 5.85. The number of hydrogen-bond donors (Lipinski definition) is 1. The number of rotatable bonds is 2. The van der Waals surface area contributed by atoms with Gasteiger partial charge in [-0.1, -0.05) is 20.8 Å². The Morgan fingerprint density at radius 1 is 1.38 bits per heavy atom. The summed E-state index contributed by atoms with van der Waals surface area (Å²) in [7, 11) is 0. The van der Waals surface area contributed by atoms with Gasteiger partial charge in [0.15, 0.2) is 0 Å². The summed E-state index contributed by atoms with van der Waals surface area (Å²) in [4.78, 5) is 14.1. The average Bonchev–Trinajstić information content (AvgIpc) is 2.13. The second-order valence-electron chi connectivity index (χ2n) is 5.68. The highest BCUT2D eigenvalue weighted by Crippen LogP contribution is 2.29. The second-order valence-corrected chi connectivity index (χ2v) is 5.68. The Kier molecular flexibility index (Phi) is 5.77. The van der Waals surface area contributed by atoms with Crippen molar-refractivity contribution in [1.82, 2.24) is 4.90 Å². The molecule has 16 heavy (non-hydrogen) atoms. The van der Waals surface area contributed by atoms with Crippen molar-refractivity contribution >= 4 is 18.3 Å². The molecule has 1 saturated heterocycles. The second kappa shape index (κ2) is 5.87. The first-order valence-corrected chi connectivity index (χ1v) is 5.88. The molecule has 96 valence electrons. The minimum absolute atomic E-state index is 0. The molecule has 0 aliphatic carbocycles. The molecule has 0 spiro atoms. The number of hydrogen-bond acceptors (Lipinski definition) is 2. The van der Waals surface area contributed by atoms with E-state index in [2.05, 4.69) is 13.8 Å². The van der Waals surface area contributed by atoms with Crippen LogP contribution in [0.2, 0.25) is 0 Å². The minimum Gasteiger partial charge on any atom is -0.342 e. The number of nitrogens with zero attached hydrogens (tertiary/aromatic N) is 1. The van der Waals surface area contributed by atoms with Gasteiger partial charge < -0.3 is 10.6 Å². The molecule has 1 rings (SSSR count). The molecule has 0 aromatic carbocycles. The predicted molar refractivity (Wildman–Crippen MR) is 69.7 cm³/mol. The summed E-state index contributed by atoms with van der Waals surface area (Å²) in [6.07, 6.45) is 2.33. The zero-order chi connectivity index (χ0) is 11.6. The number of likely N-dealkylation sites (tertiary alicyclic amines) is 1. The molecular weight excluding hydrogens is 224 g/mol. The molecular formula is C12H25ClN2O. The summed E-state index contributed by atoms with van der Waals surface area (Å²) in [5.74, 6) is 0.164. The lowest BCUT2D eigenvalue weighted by Crippen LogP contribution is -2.48. The van der Waals surface area contributed by atoms with Crippen LogP contribution in [-0.2, 0) is 4.79 Å². The van der Waals surface area contributed by atoms with Crippen LogP contribution >= 0.6 is 12.4 Å². The Labute approximate surface area is 105 Å². The molecule has 1 amide bonds. The monoisotopic (exact) mass is 248 g/mol. The van der Waals surface area contributed by atoms with Gasteiger partial charge in [0.1, 0.15) is 0 Å². The lowest BCUT2D eigenvalue weighted by Gasteiger charge is -2.39. The van der Waals surface area contributed by atoms with Crippen LogP contribution < -0.4 is 5.73 Å². The first-order chi connectivity index (χ1) is 6.83. The summed E-state index contributed by atoms with van der Waals surface area (Å²) in [5.41, 5.74) is 6.03. The smallest absolute Gasteiger partial charge is 0.226 e. The van der Waals surface area contributed by atoms with Gasteiger partial charge in [-0.3, -0.25) is 4.79 Å². The SMILES string of the molecule is CC(N)C(C)C(=O)N1CCCC(C)(C)C1.Cl. The normalized spacial score (nSPS) is 23.2. The van der Waals surface area contributed by atoms with E-state index < -0.39 is 0 Å². The molecule has 1 heterocycles. The highest BCUT2D eigenvalue weighted by atomic mass is 35.5. The molecule has 1 aliphatic heterocycles. The molecule has 2 N–H and O–H groups in total. The zero-order valence-corrected chi connectivity index (χ0v) is 11.6. The van der Waals surface area contributed by atoms with Crippen LogP contribution in [0.15, 0.2) is 0 Å². The Morgan fingerprint density at radius 3 is 2.38 bits per heavy atom. The number of nitrogens with two attached hydrogens (primary N) is 1. The first-order valence-electron chi connectivity index (χ1n) is 5.88. The van der Waals surface area contributed by atoms with Gasteiger partial charge in [-0.25, -0.2) is 0 Å². The van der Waals surface area contributed by atoms with E-state index in [1.165, 1.54) is 6.42 Å². The minimum atomic E-state index is -0.0566. The van der Waals surface area contributed by atoms with E-state index in [1.807, 2.05) is 18.7 Å². The first kappa shape index (κ1) is 15.7. The third-order valence-electron chi connectivity index (χ3n) is 3.39. The van der Waals surface area contributed by atoms with Crippen LogP contribution in [0.5, 0.6) is 0 Å². The Balaban J connectivity index is 0.00000225. The van der Waals surface area contributed by atoms with E-state index in [0.717, 1.165) is 19.5 Å². The lowest BCUT2D eigenvalue weighted by molar-refractivity contribution is -0.138. The van der Waals surface area contributed by atoms with Gasteiger partial charge >= 0.3 is 0 Å². The van der Waals surface area contributed by atoms with Crippen molar-refractivity contribution in [3.05, 3.63) is 0 Å². The van der Waals surface area contributed by atoms with Gasteiger partial charge in [-0.2, -0.15) is 0 Å². The fourth-order valence-corrected chi connectivity index (χ4v) is 2.12. The standard InChI is InChI=1S/C12H24N2O.ClH/c1-9(10(2)13)11(15)14-7-5-6-12(3,4)8-14;/h9-10H,5-8,13H2,1-4H3;1H. The van der Waals surface area contributed by atoms with E-state index in [1.54, 1.807) is 0 Å². The maximum Gasteiger partial charge on any atom is 0.226 e. The average molecular weight is 249 g/mol. The molecule has 0 radical (unpaired) electrons. The van der Waals surface area contributed by atoms with Gasteiger partial charge in [0.25, 0.3) is 0 Å². The summed E-state index contributed by atoms with van der Waals surface area (Å²) in [5, 5.41) is 0. The van der Waals surface area contributed by atoms with Gasteiger partial charge in [0.2, 0.25) is 5.91 Å². The predicted octanol–water partition coefficient (Wildman–Crippen LogP) is 2.04. The molecule has 2 unspecified atom stereocenters. The maximum atomic E-state index is 12.1. The van der Waals surface area contributed by atoms with Crippen molar-refractivity contribution in [1.29, 1.82) is 0 Å². The molecule has 1 fully saturated rings. The van der Waals surface area contributed by atoms with Crippen molar-refractivity contribution in [2.45, 2.75) is 46.6 Å². The van der Waals surface area contributed by atoms with Crippen molar-refractivity contribution in [3.63, 3.8) is 0 Å². The number of piperidine rings is 1. The van der Waals surface area contributed by atoms with Crippen molar-refractivity contribution in [3.8, 4) is 0 Å². The largest absolute Gasteiger partial charge is 0.342 e. The maximum absolute atomic E-state index is 12.1. The molecule has 0 aromatic rings. The van der Waals surface area contributed by atoms with E-state index in [4.69, 9.17) is 5.73 Å². The van der Waals surface area contributed by atoms with E-state index in [-0.39, 0.29) is 35.7 Å². The lowest BCUT2D eigenvalue weighted by atomic mass is 9.83. The van der Waals surface area contributed by atoms with Gasteiger partial charge in [-0.05, 0) is 25.2 Å². The van der Waals surface area contributed by atoms with E-state index in [9.17, 15) is 4.79 Å². The van der Waals surface area contributed by atoms with E-state index >= 15 is 0 Å². The third-order valence-corrected chi connectivity index (χ3v) is 3.39. The van der Waals surface area contributed by atoms with Gasteiger partial charge in [0, 0.05) is 19.1 Å². The van der Waals surface area contributed by atoms with Crippen LogP contribution in [0.4, 0.5) is 0 Å². The number of amides is 1. The molecule has 3 nitrogen and oxygen atoms in total. The molecule has 1 aliphatic rings. The Morgan fingerprint density at radius 2 is 1.94 bits per heavy atom. The summed E-state index contributed by atoms with van der Waals surface area (Å²) >= 11 is 0. The molecule has 0 aromatic heterocycles. The van der Waals surface area contributed by atoms with Gasteiger partial charge in [0.05, 0.1) is 5.92 Å². The zero-order valence-electron chi connectivity index (χ0n) is 10.8. The van der Waals surface area contributed by atoms with Gasteiger partial charge in [-0.15, -0.1) is 12.4 Å². The fourth-order valence-electron chi connectivity index (χ4n) is 2.12.